The van der Waals surface area contributed by atoms with Crippen LogP contribution in [0.4, 0.5) is 5.69 Å². The first-order chi connectivity index (χ1) is 16.0. The van der Waals surface area contributed by atoms with Gasteiger partial charge >= 0.3 is 0 Å². The van der Waals surface area contributed by atoms with E-state index < -0.39 is 4.92 Å². The summed E-state index contributed by atoms with van der Waals surface area (Å²) < 4.78 is 12.6. The van der Waals surface area contributed by atoms with Gasteiger partial charge in [-0.3, -0.25) is 10.1 Å². The molecular formula is C25H18IN3O4. The molecule has 3 rings (SSSR count). The predicted molar refractivity (Wildman–Crippen MR) is 132 cm³/mol. The quantitative estimate of drug-likeness (QED) is 0.110. The Morgan fingerprint density at radius 2 is 1.91 bits per heavy atom. The van der Waals surface area contributed by atoms with Gasteiger partial charge in [0.05, 0.1) is 38.4 Å². The van der Waals surface area contributed by atoms with Crippen LogP contribution in [0.1, 0.15) is 29.2 Å². The Labute approximate surface area is 204 Å². The van der Waals surface area contributed by atoms with Crippen molar-refractivity contribution >= 4 is 39.9 Å². The van der Waals surface area contributed by atoms with Crippen molar-refractivity contribution in [3.05, 3.63) is 96.6 Å². The summed E-state index contributed by atoms with van der Waals surface area (Å²) in [5.74, 6) is 1.04. The standard InChI is InChI=1S/C25H18IN3O4/c1-2-32-24-12-17(10-21(15-28)18-8-5-9-22(13-18)29(30)31)11-23(26)25(24)33-16-20-7-4-3-6-19(20)14-27/h3-13H,2,16H2,1H3/b21-10-. The van der Waals surface area contributed by atoms with Crippen molar-refractivity contribution in [1.82, 2.24) is 0 Å². The third kappa shape index (κ3) is 5.88. The van der Waals surface area contributed by atoms with Crippen LogP contribution in [0.5, 0.6) is 11.5 Å². The van der Waals surface area contributed by atoms with E-state index in [9.17, 15) is 20.6 Å². The number of nitrogens with zero attached hydrogens (tertiary/aromatic N) is 3. The van der Waals surface area contributed by atoms with Crippen LogP contribution in [0, 0.1) is 36.3 Å². The molecular weight excluding hydrogens is 533 g/mol. The summed E-state index contributed by atoms with van der Waals surface area (Å²) in [7, 11) is 0. The van der Waals surface area contributed by atoms with Crippen molar-refractivity contribution in [3.63, 3.8) is 0 Å². The van der Waals surface area contributed by atoms with E-state index in [1.165, 1.54) is 12.1 Å². The molecule has 0 N–H and O–H groups in total. The molecule has 0 radical (unpaired) electrons. The second-order valence-corrected chi connectivity index (χ2v) is 7.96. The fourth-order valence-electron chi connectivity index (χ4n) is 3.11. The van der Waals surface area contributed by atoms with E-state index in [0.29, 0.717) is 34.8 Å². The summed E-state index contributed by atoms with van der Waals surface area (Å²) in [6.07, 6.45) is 1.65. The average molecular weight is 551 g/mol. The molecule has 3 aromatic carbocycles. The number of nitro benzene ring substituents is 1. The molecule has 0 saturated heterocycles. The fourth-order valence-corrected chi connectivity index (χ4v) is 3.89. The van der Waals surface area contributed by atoms with Gasteiger partial charge in [0, 0.05) is 17.7 Å². The van der Waals surface area contributed by atoms with Crippen LogP contribution in [-0.4, -0.2) is 11.5 Å². The molecule has 8 heteroatoms. The van der Waals surface area contributed by atoms with Gasteiger partial charge in [-0.15, -0.1) is 0 Å². The maximum Gasteiger partial charge on any atom is 0.270 e. The summed E-state index contributed by atoms with van der Waals surface area (Å²) in [6.45, 7) is 2.46. The van der Waals surface area contributed by atoms with Gasteiger partial charge in [-0.05, 0) is 64.9 Å². The van der Waals surface area contributed by atoms with Crippen molar-refractivity contribution in [1.29, 1.82) is 10.5 Å². The Kier molecular flexibility index (Phi) is 8.01. The fraction of sp³-hybridized carbons (Fsp3) is 0.120. The van der Waals surface area contributed by atoms with Crippen molar-refractivity contribution in [2.24, 2.45) is 0 Å². The topological polar surface area (TPSA) is 109 Å². The van der Waals surface area contributed by atoms with Gasteiger partial charge in [0.25, 0.3) is 5.69 Å². The molecule has 0 aliphatic heterocycles. The van der Waals surface area contributed by atoms with Gasteiger partial charge in [-0.25, -0.2) is 0 Å². The monoisotopic (exact) mass is 551 g/mol. The Morgan fingerprint density at radius 1 is 1.12 bits per heavy atom. The second-order valence-electron chi connectivity index (χ2n) is 6.80. The van der Waals surface area contributed by atoms with Gasteiger partial charge in [0.1, 0.15) is 6.61 Å². The van der Waals surface area contributed by atoms with E-state index in [1.54, 1.807) is 36.4 Å². The number of hydrogen-bond acceptors (Lipinski definition) is 6. The van der Waals surface area contributed by atoms with Crippen LogP contribution in [0.3, 0.4) is 0 Å². The van der Waals surface area contributed by atoms with E-state index in [-0.39, 0.29) is 17.9 Å². The van der Waals surface area contributed by atoms with Crippen LogP contribution in [0.25, 0.3) is 11.6 Å². The number of nitro groups is 1. The second kappa shape index (κ2) is 11.1. The van der Waals surface area contributed by atoms with Crippen molar-refractivity contribution in [2.75, 3.05) is 6.61 Å². The molecule has 0 heterocycles. The molecule has 33 heavy (non-hydrogen) atoms. The lowest BCUT2D eigenvalue weighted by atomic mass is 10.0. The van der Waals surface area contributed by atoms with Crippen LogP contribution >= 0.6 is 22.6 Å². The Morgan fingerprint density at radius 3 is 2.61 bits per heavy atom. The minimum atomic E-state index is -0.495. The minimum Gasteiger partial charge on any atom is -0.490 e. The number of ether oxygens (including phenoxy) is 2. The lowest BCUT2D eigenvalue weighted by molar-refractivity contribution is -0.384. The lowest BCUT2D eigenvalue weighted by Crippen LogP contribution is -2.03. The van der Waals surface area contributed by atoms with E-state index in [4.69, 9.17) is 9.47 Å². The molecule has 0 saturated carbocycles. The Bertz CT molecular complexity index is 1310. The highest BCUT2D eigenvalue weighted by Gasteiger charge is 2.14. The number of allylic oxidation sites excluding steroid dienone is 1. The molecule has 0 bridgehead atoms. The summed E-state index contributed by atoms with van der Waals surface area (Å²) in [5, 5.41) is 30.0. The number of rotatable bonds is 8. The van der Waals surface area contributed by atoms with E-state index in [0.717, 1.165) is 9.13 Å². The molecule has 0 unspecified atom stereocenters. The van der Waals surface area contributed by atoms with Crippen LogP contribution in [-0.2, 0) is 6.61 Å². The number of benzene rings is 3. The first kappa shape index (κ1) is 23.8. The third-order valence-corrected chi connectivity index (χ3v) is 5.44. The molecule has 0 amide bonds. The molecule has 164 valence electrons. The zero-order chi connectivity index (χ0) is 23.8. The van der Waals surface area contributed by atoms with E-state index in [2.05, 4.69) is 34.7 Å². The molecule has 3 aromatic rings. The average Bonchev–Trinajstić information content (AvgIpc) is 2.82. The van der Waals surface area contributed by atoms with Crippen molar-refractivity contribution < 1.29 is 14.4 Å². The van der Waals surface area contributed by atoms with E-state index >= 15 is 0 Å². The van der Waals surface area contributed by atoms with Crippen LogP contribution in [0.2, 0.25) is 0 Å². The number of hydrogen-bond donors (Lipinski definition) is 0. The summed E-state index contributed by atoms with van der Waals surface area (Å²) in [5.41, 5.74) is 2.65. The Hall–Kier alpha value is -3.89. The normalized spacial score (nSPS) is 10.7. The van der Waals surface area contributed by atoms with Gasteiger partial charge < -0.3 is 9.47 Å². The zero-order valence-corrected chi connectivity index (χ0v) is 19.8. The van der Waals surface area contributed by atoms with Gasteiger partial charge in [-0.1, -0.05) is 30.3 Å². The predicted octanol–water partition coefficient (Wildman–Crippen LogP) is 6.11. The maximum atomic E-state index is 11.1. The number of halogens is 1. The lowest BCUT2D eigenvalue weighted by Gasteiger charge is -2.15. The van der Waals surface area contributed by atoms with E-state index in [1.807, 2.05) is 25.1 Å². The Balaban J connectivity index is 1.96. The largest absolute Gasteiger partial charge is 0.490 e. The highest BCUT2D eigenvalue weighted by Crippen LogP contribution is 2.36. The molecule has 0 aliphatic carbocycles. The minimum absolute atomic E-state index is 0.0837. The maximum absolute atomic E-state index is 11.1. The first-order valence-corrected chi connectivity index (χ1v) is 11.0. The summed E-state index contributed by atoms with van der Waals surface area (Å²) in [6, 6.07) is 21.0. The molecule has 0 aliphatic rings. The van der Waals surface area contributed by atoms with Gasteiger partial charge in [0.15, 0.2) is 11.5 Å². The van der Waals surface area contributed by atoms with Gasteiger partial charge in [0.2, 0.25) is 0 Å². The SMILES string of the molecule is CCOc1cc(/C=C(/C#N)c2cccc([N+](=O)[O-])c2)cc(I)c1OCc1ccccc1C#N. The van der Waals surface area contributed by atoms with Crippen LogP contribution < -0.4 is 9.47 Å². The number of nitriles is 2. The van der Waals surface area contributed by atoms with Gasteiger partial charge in [-0.2, -0.15) is 10.5 Å². The van der Waals surface area contributed by atoms with Crippen molar-refractivity contribution in [3.8, 4) is 23.6 Å². The highest BCUT2D eigenvalue weighted by atomic mass is 127. The molecule has 7 nitrogen and oxygen atoms in total. The highest BCUT2D eigenvalue weighted by molar-refractivity contribution is 14.1. The first-order valence-electron chi connectivity index (χ1n) is 9.90. The third-order valence-electron chi connectivity index (χ3n) is 4.64. The zero-order valence-electron chi connectivity index (χ0n) is 17.6. The molecule has 0 spiro atoms. The summed E-state index contributed by atoms with van der Waals surface area (Å²) in [4.78, 5) is 10.6. The summed E-state index contributed by atoms with van der Waals surface area (Å²) >= 11 is 2.13. The molecule has 0 atom stereocenters. The van der Waals surface area contributed by atoms with Crippen LogP contribution in [0.15, 0.2) is 60.7 Å². The molecule has 0 aromatic heterocycles. The number of non-ortho nitro benzene ring substituents is 1. The van der Waals surface area contributed by atoms with Crippen molar-refractivity contribution in [2.45, 2.75) is 13.5 Å². The molecule has 0 fully saturated rings. The smallest absolute Gasteiger partial charge is 0.270 e.